The van der Waals surface area contributed by atoms with Crippen LogP contribution in [0.1, 0.15) is 42.0 Å². The molecule has 25 heavy (non-hydrogen) atoms. The van der Waals surface area contributed by atoms with Gasteiger partial charge < -0.3 is 9.47 Å². The molecule has 1 saturated heterocycles. The fraction of sp³-hybridized carbons (Fsp3) is 0.478. The molecule has 2 unspecified atom stereocenters. The van der Waals surface area contributed by atoms with Gasteiger partial charge in [0.1, 0.15) is 0 Å². The molecular formula is C23H30O2. The smallest absolute Gasteiger partial charge is 0.0837 e. The van der Waals surface area contributed by atoms with Gasteiger partial charge in [-0.15, -0.1) is 0 Å². The molecule has 0 bridgehead atoms. The van der Waals surface area contributed by atoms with Crippen molar-refractivity contribution in [2.24, 2.45) is 0 Å². The van der Waals surface area contributed by atoms with Crippen LogP contribution < -0.4 is 0 Å². The van der Waals surface area contributed by atoms with E-state index < -0.39 is 0 Å². The second-order valence-electron chi connectivity index (χ2n) is 7.66. The van der Waals surface area contributed by atoms with Crippen molar-refractivity contribution in [3.05, 3.63) is 58.7 Å². The second kappa shape index (κ2) is 7.31. The molecule has 1 aliphatic rings. The van der Waals surface area contributed by atoms with Crippen LogP contribution in [0.3, 0.4) is 0 Å². The van der Waals surface area contributed by atoms with E-state index in [4.69, 9.17) is 9.47 Å². The first kappa shape index (κ1) is 18.2. The van der Waals surface area contributed by atoms with Crippen LogP contribution in [0.15, 0.2) is 36.4 Å². The lowest BCUT2D eigenvalue weighted by Crippen LogP contribution is -2.35. The Kier molecular flexibility index (Phi) is 5.31. The molecule has 2 aromatic carbocycles. The van der Waals surface area contributed by atoms with Crippen molar-refractivity contribution >= 4 is 0 Å². The van der Waals surface area contributed by atoms with Crippen molar-refractivity contribution in [1.82, 2.24) is 0 Å². The predicted octanol–water partition coefficient (Wildman–Crippen LogP) is 5.41. The number of methoxy groups -OCH3 is 1. The molecular weight excluding hydrogens is 308 g/mol. The van der Waals surface area contributed by atoms with Crippen LogP contribution >= 0.6 is 0 Å². The third-order valence-electron chi connectivity index (χ3n) is 5.30. The minimum Gasteiger partial charge on any atom is -0.378 e. The molecule has 2 nitrogen and oxygen atoms in total. The third-order valence-corrected chi connectivity index (χ3v) is 5.30. The zero-order valence-corrected chi connectivity index (χ0v) is 16.2. The van der Waals surface area contributed by atoms with E-state index in [1.54, 1.807) is 0 Å². The average molecular weight is 338 g/mol. The first-order chi connectivity index (χ1) is 11.9. The SMILES string of the molecule is CCC(Cc1cc(C)cc(-c2cc(C)cc(C)c2)c1)(CC1CO1)OC. The molecule has 0 aliphatic carbocycles. The van der Waals surface area contributed by atoms with E-state index >= 15 is 0 Å². The number of benzene rings is 2. The molecule has 2 heteroatoms. The van der Waals surface area contributed by atoms with Gasteiger partial charge in [-0.2, -0.15) is 0 Å². The highest BCUT2D eigenvalue weighted by atomic mass is 16.6. The van der Waals surface area contributed by atoms with Gasteiger partial charge in [-0.3, -0.25) is 0 Å². The number of aryl methyl sites for hydroxylation is 3. The second-order valence-corrected chi connectivity index (χ2v) is 7.66. The average Bonchev–Trinajstić information content (AvgIpc) is 3.36. The maximum absolute atomic E-state index is 5.99. The monoisotopic (exact) mass is 338 g/mol. The van der Waals surface area contributed by atoms with Crippen LogP contribution in [0.2, 0.25) is 0 Å². The number of hydrogen-bond donors (Lipinski definition) is 0. The van der Waals surface area contributed by atoms with E-state index in [1.165, 1.54) is 33.4 Å². The van der Waals surface area contributed by atoms with Gasteiger partial charge in [0.15, 0.2) is 0 Å². The topological polar surface area (TPSA) is 21.8 Å². The summed E-state index contributed by atoms with van der Waals surface area (Å²) in [7, 11) is 1.84. The van der Waals surface area contributed by atoms with Crippen LogP contribution in [0.4, 0.5) is 0 Å². The van der Waals surface area contributed by atoms with Gasteiger partial charge in [0.25, 0.3) is 0 Å². The maximum atomic E-state index is 5.99. The fourth-order valence-electron chi connectivity index (χ4n) is 3.89. The van der Waals surface area contributed by atoms with Gasteiger partial charge in [0.05, 0.1) is 18.3 Å². The highest BCUT2D eigenvalue weighted by Gasteiger charge is 2.37. The summed E-state index contributed by atoms with van der Waals surface area (Å²) in [5, 5.41) is 0. The highest BCUT2D eigenvalue weighted by Crippen LogP contribution is 2.33. The van der Waals surface area contributed by atoms with Crippen molar-refractivity contribution in [3.63, 3.8) is 0 Å². The quantitative estimate of drug-likeness (QED) is 0.630. The Morgan fingerprint density at radius 1 is 0.960 bits per heavy atom. The van der Waals surface area contributed by atoms with E-state index in [0.29, 0.717) is 6.10 Å². The van der Waals surface area contributed by atoms with Gasteiger partial charge in [0, 0.05) is 20.0 Å². The Labute approximate surface area is 152 Å². The molecule has 3 rings (SSSR count). The molecule has 0 saturated carbocycles. The van der Waals surface area contributed by atoms with Crippen LogP contribution in [-0.4, -0.2) is 25.4 Å². The Morgan fingerprint density at radius 3 is 2.04 bits per heavy atom. The molecule has 0 radical (unpaired) electrons. The number of ether oxygens (including phenoxy) is 2. The number of rotatable bonds is 7. The summed E-state index contributed by atoms with van der Waals surface area (Å²) in [4.78, 5) is 0. The largest absolute Gasteiger partial charge is 0.378 e. The van der Waals surface area contributed by atoms with Crippen LogP contribution in [0, 0.1) is 20.8 Å². The molecule has 134 valence electrons. The predicted molar refractivity (Wildman–Crippen MR) is 104 cm³/mol. The Balaban J connectivity index is 1.92. The van der Waals surface area contributed by atoms with Gasteiger partial charge >= 0.3 is 0 Å². The number of hydrogen-bond acceptors (Lipinski definition) is 2. The molecule has 1 heterocycles. The Hall–Kier alpha value is -1.64. The zero-order valence-electron chi connectivity index (χ0n) is 16.2. The van der Waals surface area contributed by atoms with E-state index in [-0.39, 0.29) is 5.60 Å². The van der Waals surface area contributed by atoms with Crippen molar-refractivity contribution < 1.29 is 9.47 Å². The standard InChI is InChI=1S/C23H30O2/c1-6-23(24-5,14-22-15-25-22)13-19-8-18(4)11-21(12-19)20-9-16(2)7-17(3)10-20/h7-12,22H,6,13-15H2,1-5H3. The van der Waals surface area contributed by atoms with Gasteiger partial charge in [-0.1, -0.05) is 60.0 Å². The van der Waals surface area contributed by atoms with Gasteiger partial charge in [-0.05, 0) is 43.9 Å². The lowest BCUT2D eigenvalue weighted by molar-refractivity contribution is -0.0253. The first-order valence-electron chi connectivity index (χ1n) is 9.29. The normalized spacial score (nSPS) is 18.8. The van der Waals surface area contributed by atoms with E-state index in [2.05, 4.69) is 64.1 Å². The fourth-order valence-corrected chi connectivity index (χ4v) is 3.89. The van der Waals surface area contributed by atoms with Gasteiger partial charge in [-0.25, -0.2) is 0 Å². The molecule has 0 aromatic heterocycles. The highest BCUT2D eigenvalue weighted by molar-refractivity contribution is 5.67. The lowest BCUT2D eigenvalue weighted by Gasteiger charge is -2.31. The van der Waals surface area contributed by atoms with E-state index in [1.807, 2.05) is 7.11 Å². The molecule has 0 N–H and O–H groups in total. The minimum absolute atomic E-state index is 0.130. The molecule has 1 aliphatic heterocycles. The van der Waals surface area contributed by atoms with Crippen molar-refractivity contribution in [3.8, 4) is 11.1 Å². The van der Waals surface area contributed by atoms with Crippen molar-refractivity contribution in [1.29, 1.82) is 0 Å². The summed E-state index contributed by atoms with van der Waals surface area (Å²) in [5.74, 6) is 0. The van der Waals surface area contributed by atoms with Crippen LogP contribution in [0.25, 0.3) is 11.1 Å². The molecule has 0 amide bonds. The summed E-state index contributed by atoms with van der Waals surface area (Å²) in [6.45, 7) is 9.60. The summed E-state index contributed by atoms with van der Waals surface area (Å²) in [6, 6.07) is 13.7. The molecule has 2 aromatic rings. The summed E-state index contributed by atoms with van der Waals surface area (Å²) < 4.78 is 11.5. The molecule has 0 spiro atoms. The summed E-state index contributed by atoms with van der Waals surface area (Å²) in [6.07, 6.45) is 3.28. The summed E-state index contributed by atoms with van der Waals surface area (Å²) >= 11 is 0. The molecule has 2 atom stereocenters. The van der Waals surface area contributed by atoms with Crippen molar-refractivity contribution in [2.45, 2.75) is 58.7 Å². The zero-order chi connectivity index (χ0) is 18.0. The van der Waals surface area contributed by atoms with Crippen LogP contribution in [-0.2, 0) is 15.9 Å². The maximum Gasteiger partial charge on any atom is 0.0837 e. The van der Waals surface area contributed by atoms with Gasteiger partial charge in [0.2, 0.25) is 0 Å². The summed E-state index contributed by atoms with van der Waals surface area (Å²) in [5.41, 5.74) is 7.73. The Morgan fingerprint density at radius 2 is 1.52 bits per heavy atom. The minimum atomic E-state index is -0.130. The number of epoxide rings is 1. The van der Waals surface area contributed by atoms with E-state index in [9.17, 15) is 0 Å². The Bertz CT molecular complexity index is 720. The lowest BCUT2D eigenvalue weighted by atomic mass is 9.85. The van der Waals surface area contributed by atoms with Crippen LogP contribution in [0.5, 0.6) is 0 Å². The first-order valence-corrected chi connectivity index (χ1v) is 9.29. The van der Waals surface area contributed by atoms with E-state index in [0.717, 1.165) is 25.9 Å². The third kappa shape index (κ3) is 4.50. The van der Waals surface area contributed by atoms with Crippen molar-refractivity contribution in [2.75, 3.05) is 13.7 Å². The molecule has 1 fully saturated rings.